The molecule has 2 rings (SSSR count). The number of ether oxygens (including phenoxy) is 1. The molecule has 0 aromatic heterocycles. The first-order chi connectivity index (χ1) is 7.79. The summed E-state index contributed by atoms with van der Waals surface area (Å²) < 4.78 is 5.79. The summed E-state index contributed by atoms with van der Waals surface area (Å²) in [6, 6.07) is 8.91. The summed E-state index contributed by atoms with van der Waals surface area (Å²) in [4.78, 5) is 0. The third kappa shape index (κ3) is 3.11. The Hall–Kier alpha value is -1.28. The van der Waals surface area contributed by atoms with Crippen molar-refractivity contribution in [2.24, 2.45) is 0 Å². The fourth-order valence-electron chi connectivity index (χ4n) is 1.55. The van der Waals surface area contributed by atoms with Crippen LogP contribution >= 0.6 is 0 Å². The van der Waals surface area contributed by atoms with E-state index in [-0.39, 0.29) is 6.10 Å². The molecule has 1 N–H and O–H groups in total. The van der Waals surface area contributed by atoms with Crippen LogP contribution in [0.2, 0.25) is 0 Å². The Labute approximate surface area is 97.3 Å². The fraction of sp³-hybridized carbons (Fsp3) is 0.429. The van der Waals surface area contributed by atoms with E-state index in [0.717, 1.165) is 18.3 Å². The molecule has 0 heterocycles. The maximum absolute atomic E-state index is 5.79. The van der Waals surface area contributed by atoms with Gasteiger partial charge >= 0.3 is 0 Å². The summed E-state index contributed by atoms with van der Waals surface area (Å²) in [7, 11) is 0. The summed E-state index contributed by atoms with van der Waals surface area (Å²) in [5, 5.41) is 3.50. The monoisotopic (exact) mass is 217 g/mol. The van der Waals surface area contributed by atoms with Gasteiger partial charge in [-0.3, -0.25) is 0 Å². The number of para-hydroxylation sites is 1. The van der Waals surface area contributed by atoms with Gasteiger partial charge in [-0.25, -0.2) is 0 Å². The van der Waals surface area contributed by atoms with Crippen molar-refractivity contribution in [1.29, 1.82) is 0 Å². The summed E-state index contributed by atoms with van der Waals surface area (Å²) in [5.74, 6) is 0.961. The topological polar surface area (TPSA) is 21.3 Å². The van der Waals surface area contributed by atoms with E-state index in [1.54, 1.807) is 0 Å². The fourth-order valence-corrected chi connectivity index (χ4v) is 1.55. The largest absolute Gasteiger partial charge is 0.486 e. The number of hydrogen-bond acceptors (Lipinski definition) is 2. The quantitative estimate of drug-likeness (QED) is 0.740. The maximum Gasteiger partial charge on any atom is 0.124 e. The molecule has 1 aromatic rings. The lowest BCUT2D eigenvalue weighted by Gasteiger charge is -2.14. The van der Waals surface area contributed by atoms with E-state index in [2.05, 4.69) is 24.0 Å². The molecule has 2 nitrogen and oxygen atoms in total. The SMILES string of the molecule is C=CC(C)Oc1ccccc1CNC1CC1. The molecule has 0 aliphatic heterocycles. The van der Waals surface area contributed by atoms with Crippen LogP contribution in [0.4, 0.5) is 0 Å². The number of rotatable bonds is 6. The van der Waals surface area contributed by atoms with Crippen LogP contribution < -0.4 is 10.1 Å². The van der Waals surface area contributed by atoms with Crippen LogP contribution in [0.1, 0.15) is 25.3 Å². The second-order valence-corrected chi connectivity index (χ2v) is 4.32. The predicted molar refractivity (Wildman–Crippen MR) is 66.6 cm³/mol. The minimum absolute atomic E-state index is 0.0575. The maximum atomic E-state index is 5.79. The van der Waals surface area contributed by atoms with Gasteiger partial charge in [0, 0.05) is 18.2 Å². The Balaban J connectivity index is 2.00. The lowest BCUT2D eigenvalue weighted by atomic mass is 10.2. The Morgan fingerprint density at radius 3 is 2.94 bits per heavy atom. The summed E-state index contributed by atoms with van der Waals surface area (Å²) >= 11 is 0. The Bertz CT molecular complexity index is 358. The van der Waals surface area contributed by atoms with Gasteiger partial charge in [-0.15, -0.1) is 0 Å². The molecule has 86 valence electrons. The summed E-state index contributed by atoms with van der Waals surface area (Å²) in [5.41, 5.74) is 1.23. The molecule has 1 aliphatic carbocycles. The number of hydrogen-bond donors (Lipinski definition) is 1. The molecule has 1 aliphatic rings. The van der Waals surface area contributed by atoms with Gasteiger partial charge in [0.2, 0.25) is 0 Å². The van der Waals surface area contributed by atoms with Crippen LogP contribution in [0.3, 0.4) is 0 Å². The third-order valence-electron chi connectivity index (χ3n) is 2.78. The zero-order valence-electron chi connectivity index (χ0n) is 9.78. The summed E-state index contributed by atoms with van der Waals surface area (Å²) in [6.45, 7) is 6.62. The van der Waals surface area contributed by atoms with Crippen LogP contribution in [0.5, 0.6) is 5.75 Å². The highest BCUT2D eigenvalue weighted by Gasteiger charge is 2.20. The number of benzene rings is 1. The van der Waals surface area contributed by atoms with Crippen molar-refractivity contribution in [2.45, 2.75) is 38.5 Å². The molecule has 1 aromatic carbocycles. The van der Waals surface area contributed by atoms with Crippen molar-refractivity contribution in [1.82, 2.24) is 5.32 Å². The van der Waals surface area contributed by atoms with Gasteiger partial charge in [0.15, 0.2) is 0 Å². The standard InChI is InChI=1S/C14H19NO/c1-3-11(2)16-14-7-5-4-6-12(14)10-15-13-8-9-13/h3-7,11,13,15H,1,8-10H2,2H3. The molecule has 1 saturated carbocycles. The van der Waals surface area contributed by atoms with Crippen molar-refractivity contribution in [2.75, 3.05) is 0 Å². The molecule has 2 heteroatoms. The van der Waals surface area contributed by atoms with Gasteiger partial charge in [0.1, 0.15) is 11.9 Å². The van der Waals surface area contributed by atoms with Crippen molar-refractivity contribution < 1.29 is 4.74 Å². The molecule has 0 radical (unpaired) electrons. The first kappa shape index (κ1) is 11.2. The van der Waals surface area contributed by atoms with Crippen LogP contribution in [0, 0.1) is 0 Å². The average molecular weight is 217 g/mol. The zero-order valence-corrected chi connectivity index (χ0v) is 9.78. The molecular formula is C14H19NO. The zero-order chi connectivity index (χ0) is 11.4. The normalized spacial score (nSPS) is 16.8. The lowest BCUT2D eigenvalue weighted by Crippen LogP contribution is -2.17. The van der Waals surface area contributed by atoms with Gasteiger partial charge in [-0.05, 0) is 25.8 Å². The Morgan fingerprint density at radius 1 is 1.50 bits per heavy atom. The molecule has 0 spiro atoms. The Morgan fingerprint density at radius 2 is 2.25 bits per heavy atom. The van der Waals surface area contributed by atoms with E-state index < -0.39 is 0 Å². The highest BCUT2D eigenvalue weighted by atomic mass is 16.5. The van der Waals surface area contributed by atoms with Gasteiger partial charge in [0.25, 0.3) is 0 Å². The van der Waals surface area contributed by atoms with Gasteiger partial charge < -0.3 is 10.1 Å². The van der Waals surface area contributed by atoms with E-state index in [1.807, 2.05) is 25.1 Å². The van der Waals surface area contributed by atoms with E-state index >= 15 is 0 Å². The van der Waals surface area contributed by atoms with Crippen molar-refractivity contribution in [3.05, 3.63) is 42.5 Å². The molecule has 1 unspecified atom stereocenters. The molecule has 1 atom stereocenters. The van der Waals surface area contributed by atoms with Gasteiger partial charge in [0.05, 0.1) is 0 Å². The number of nitrogens with one attached hydrogen (secondary N) is 1. The minimum atomic E-state index is 0.0575. The van der Waals surface area contributed by atoms with Crippen molar-refractivity contribution in [3.8, 4) is 5.75 Å². The van der Waals surface area contributed by atoms with Crippen LogP contribution in [-0.2, 0) is 6.54 Å². The minimum Gasteiger partial charge on any atom is -0.486 e. The van der Waals surface area contributed by atoms with Gasteiger partial charge in [-0.2, -0.15) is 0 Å². The molecule has 0 amide bonds. The second kappa shape index (κ2) is 5.17. The summed E-state index contributed by atoms with van der Waals surface area (Å²) in [6.07, 6.45) is 4.49. The van der Waals surface area contributed by atoms with Crippen molar-refractivity contribution in [3.63, 3.8) is 0 Å². The van der Waals surface area contributed by atoms with Gasteiger partial charge in [-0.1, -0.05) is 30.9 Å². The van der Waals surface area contributed by atoms with E-state index in [9.17, 15) is 0 Å². The Kier molecular flexibility index (Phi) is 3.62. The van der Waals surface area contributed by atoms with Crippen LogP contribution in [0.25, 0.3) is 0 Å². The highest BCUT2D eigenvalue weighted by molar-refractivity contribution is 5.33. The average Bonchev–Trinajstić information content (AvgIpc) is 3.11. The molecule has 16 heavy (non-hydrogen) atoms. The van der Waals surface area contributed by atoms with E-state index in [4.69, 9.17) is 4.74 Å². The van der Waals surface area contributed by atoms with E-state index in [1.165, 1.54) is 18.4 Å². The van der Waals surface area contributed by atoms with E-state index in [0.29, 0.717) is 0 Å². The molecule has 0 saturated heterocycles. The predicted octanol–water partition coefficient (Wildman–Crippen LogP) is 2.89. The third-order valence-corrected chi connectivity index (χ3v) is 2.78. The smallest absolute Gasteiger partial charge is 0.124 e. The van der Waals surface area contributed by atoms with Crippen molar-refractivity contribution >= 4 is 0 Å². The second-order valence-electron chi connectivity index (χ2n) is 4.32. The molecule has 0 bridgehead atoms. The molecule has 1 fully saturated rings. The van der Waals surface area contributed by atoms with Crippen LogP contribution in [0.15, 0.2) is 36.9 Å². The first-order valence-electron chi connectivity index (χ1n) is 5.90. The lowest BCUT2D eigenvalue weighted by molar-refractivity contribution is 0.267. The highest BCUT2D eigenvalue weighted by Crippen LogP contribution is 2.23. The molecular weight excluding hydrogens is 198 g/mol. The van der Waals surface area contributed by atoms with Crippen LogP contribution in [-0.4, -0.2) is 12.1 Å². The first-order valence-corrected chi connectivity index (χ1v) is 5.90.